The first-order valence-corrected chi connectivity index (χ1v) is 7.63. The third-order valence-electron chi connectivity index (χ3n) is 3.79. The van der Waals surface area contributed by atoms with Gasteiger partial charge in [-0.25, -0.2) is 0 Å². The second-order valence-corrected chi connectivity index (χ2v) is 6.14. The second kappa shape index (κ2) is 6.69. The summed E-state index contributed by atoms with van der Waals surface area (Å²) in [5.41, 5.74) is 2.93. The molecule has 0 fully saturated rings. The molecule has 0 saturated heterocycles. The van der Waals surface area contributed by atoms with Gasteiger partial charge in [-0.15, -0.1) is 0 Å². The highest BCUT2D eigenvalue weighted by molar-refractivity contribution is 9.10. The Labute approximate surface area is 118 Å². The minimum absolute atomic E-state index is 0.305. The highest BCUT2D eigenvalue weighted by Gasteiger charge is 2.23. The quantitative estimate of drug-likeness (QED) is 0.789. The highest BCUT2D eigenvalue weighted by atomic mass is 79.9. The molecule has 0 amide bonds. The lowest BCUT2D eigenvalue weighted by atomic mass is 10.1. The van der Waals surface area contributed by atoms with Gasteiger partial charge < -0.3 is 10.4 Å². The summed E-state index contributed by atoms with van der Waals surface area (Å²) in [5, 5.41) is 12.6. The molecule has 0 aliphatic heterocycles. The van der Waals surface area contributed by atoms with Crippen molar-refractivity contribution in [2.24, 2.45) is 5.92 Å². The van der Waals surface area contributed by atoms with E-state index in [4.69, 9.17) is 5.11 Å². The summed E-state index contributed by atoms with van der Waals surface area (Å²) in [6.45, 7) is 3.45. The zero-order chi connectivity index (χ0) is 13.0. The van der Waals surface area contributed by atoms with Gasteiger partial charge in [-0.1, -0.05) is 35.0 Å². The van der Waals surface area contributed by atoms with Crippen LogP contribution in [0, 0.1) is 5.92 Å². The highest BCUT2D eigenvalue weighted by Crippen LogP contribution is 2.35. The summed E-state index contributed by atoms with van der Waals surface area (Å²) in [5.74, 6) is 0.428. The first-order valence-electron chi connectivity index (χ1n) is 6.84. The van der Waals surface area contributed by atoms with E-state index in [2.05, 4.69) is 46.4 Å². The summed E-state index contributed by atoms with van der Waals surface area (Å²) < 4.78 is 1.25. The van der Waals surface area contributed by atoms with Crippen molar-refractivity contribution in [3.05, 3.63) is 33.8 Å². The zero-order valence-corrected chi connectivity index (χ0v) is 12.5. The van der Waals surface area contributed by atoms with Crippen LogP contribution in [0.3, 0.4) is 0 Å². The van der Waals surface area contributed by atoms with E-state index in [1.807, 2.05) is 0 Å². The van der Waals surface area contributed by atoms with Crippen molar-refractivity contribution in [3.8, 4) is 0 Å². The van der Waals surface area contributed by atoms with Crippen molar-refractivity contribution in [2.45, 2.75) is 38.6 Å². The van der Waals surface area contributed by atoms with Gasteiger partial charge in [0.2, 0.25) is 0 Å². The molecule has 0 spiro atoms. The van der Waals surface area contributed by atoms with Crippen molar-refractivity contribution in [1.82, 2.24) is 5.32 Å². The third-order valence-corrected chi connectivity index (χ3v) is 4.53. The number of hydrogen-bond donors (Lipinski definition) is 2. The Kier molecular flexibility index (Phi) is 5.22. The van der Waals surface area contributed by atoms with Crippen LogP contribution in [0.1, 0.15) is 43.4 Å². The van der Waals surface area contributed by atoms with E-state index in [-0.39, 0.29) is 0 Å². The minimum atomic E-state index is 0.305. The second-order valence-electron chi connectivity index (χ2n) is 5.28. The van der Waals surface area contributed by atoms with Crippen LogP contribution >= 0.6 is 15.9 Å². The van der Waals surface area contributed by atoms with Gasteiger partial charge in [0.1, 0.15) is 0 Å². The molecule has 1 aliphatic rings. The van der Waals surface area contributed by atoms with E-state index in [1.54, 1.807) is 0 Å². The Morgan fingerprint density at radius 2 is 2.33 bits per heavy atom. The fourth-order valence-corrected chi connectivity index (χ4v) is 3.22. The van der Waals surface area contributed by atoms with E-state index in [9.17, 15) is 0 Å². The van der Waals surface area contributed by atoms with Gasteiger partial charge in [-0.3, -0.25) is 0 Å². The molecule has 1 aromatic carbocycles. The summed E-state index contributed by atoms with van der Waals surface area (Å²) in [6, 6.07) is 7.00. The molecule has 2 N–H and O–H groups in total. The maximum Gasteiger partial charge on any atom is 0.0456 e. The topological polar surface area (TPSA) is 32.3 Å². The fourth-order valence-electron chi connectivity index (χ4n) is 2.64. The number of benzene rings is 1. The molecule has 2 nitrogen and oxygen atoms in total. The number of rotatable bonds is 6. The molecule has 1 aliphatic carbocycles. The first-order chi connectivity index (χ1) is 8.72. The van der Waals surface area contributed by atoms with E-state index in [0.717, 1.165) is 19.4 Å². The molecule has 1 aromatic rings. The molecular weight excluding hydrogens is 290 g/mol. The molecule has 100 valence electrons. The van der Waals surface area contributed by atoms with Crippen molar-refractivity contribution in [1.29, 1.82) is 0 Å². The van der Waals surface area contributed by atoms with Crippen LogP contribution in [-0.4, -0.2) is 18.3 Å². The van der Waals surface area contributed by atoms with Crippen LogP contribution in [0.25, 0.3) is 0 Å². The number of fused-ring (bicyclic) bond motifs is 1. The number of aliphatic hydroxyl groups is 1. The molecule has 2 atom stereocenters. The Balaban J connectivity index is 1.81. The van der Waals surface area contributed by atoms with Gasteiger partial charge in [-0.05, 0) is 55.3 Å². The van der Waals surface area contributed by atoms with Gasteiger partial charge in [0, 0.05) is 17.1 Å². The van der Waals surface area contributed by atoms with Crippen LogP contribution in [0.2, 0.25) is 0 Å². The lowest BCUT2D eigenvalue weighted by Crippen LogP contribution is -2.21. The third kappa shape index (κ3) is 3.34. The smallest absolute Gasteiger partial charge is 0.0456 e. The molecule has 2 rings (SSSR count). The number of aliphatic hydroxyl groups excluding tert-OH is 1. The number of hydrogen-bond acceptors (Lipinski definition) is 2. The number of nitrogens with one attached hydrogen (secondary N) is 1. The molecule has 0 heterocycles. The average Bonchev–Trinajstić information content (AvgIpc) is 2.79. The molecule has 2 unspecified atom stereocenters. The van der Waals surface area contributed by atoms with Crippen LogP contribution in [-0.2, 0) is 6.42 Å². The van der Waals surface area contributed by atoms with Crippen LogP contribution in [0.5, 0.6) is 0 Å². The van der Waals surface area contributed by atoms with E-state index in [0.29, 0.717) is 18.6 Å². The Morgan fingerprint density at radius 1 is 1.50 bits per heavy atom. The standard InChI is InChI=1S/C15H22BrNO/c1-11(10-18)4-3-9-17-15-8-7-12-13(15)5-2-6-14(12)16/h2,5-6,11,15,17-18H,3-4,7-10H2,1H3. The van der Waals surface area contributed by atoms with Crippen LogP contribution < -0.4 is 5.32 Å². The van der Waals surface area contributed by atoms with Gasteiger partial charge in [0.25, 0.3) is 0 Å². The Hall–Kier alpha value is -0.380. The lowest BCUT2D eigenvalue weighted by Gasteiger charge is -2.15. The summed E-state index contributed by atoms with van der Waals surface area (Å²) in [6.07, 6.45) is 4.61. The van der Waals surface area contributed by atoms with Crippen LogP contribution in [0.15, 0.2) is 22.7 Å². The maximum atomic E-state index is 8.98. The molecule has 0 saturated carbocycles. The average molecular weight is 312 g/mol. The molecular formula is C15H22BrNO. The molecule has 18 heavy (non-hydrogen) atoms. The minimum Gasteiger partial charge on any atom is -0.396 e. The van der Waals surface area contributed by atoms with Crippen molar-refractivity contribution in [2.75, 3.05) is 13.2 Å². The Morgan fingerprint density at radius 3 is 3.11 bits per heavy atom. The van der Waals surface area contributed by atoms with Crippen molar-refractivity contribution in [3.63, 3.8) is 0 Å². The van der Waals surface area contributed by atoms with Crippen molar-refractivity contribution < 1.29 is 5.11 Å². The summed E-state index contributed by atoms with van der Waals surface area (Å²) in [4.78, 5) is 0. The SMILES string of the molecule is CC(CO)CCCNC1CCc2c(Br)cccc21. The molecule has 0 radical (unpaired) electrons. The fraction of sp³-hybridized carbons (Fsp3) is 0.600. The molecule has 0 bridgehead atoms. The van der Waals surface area contributed by atoms with Crippen LogP contribution in [0.4, 0.5) is 0 Å². The normalized spacial score (nSPS) is 19.8. The number of halogens is 1. The Bertz CT molecular complexity index is 394. The monoisotopic (exact) mass is 311 g/mol. The summed E-state index contributed by atoms with van der Waals surface area (Å²) >= 11 is 3.63. The van der Waals surface area contributed by atoms with Gasteiger partial charge in [0.05, 0.1) is 0 Å². The largest absolute Gasteiger partial charge is 0.396 e. The first kappa shape index (κ1) is 14.0. The van der Waals surface area contributed by atoms with Gasteiger partial charge in [0.15, 0.2) is 0 Å². The predicted octanol–water partition coefficient (Wildman–Crippen LogP) is 3.43. The molecule has 0 aromatic heterocycles. The van der Waals surface area contributed by atoms with E-state index >= 15 is 0 Å². The zero-order valence-electron chi connectivity index (χ0n) is 11.0. The maximum absolute atomic E-state index is 8.98. The van der Waals surface area contributed by atoms with E-state index < -0.39 is 0 Å². The summed E-state index contributed by atoms with van der Waals surface area (Å²) in [7, 11) is 0. The lowest BCUT2D eigenvalue weighted by molar-refractivity contribution is 0.227. The van der Waals surface area contributed by atoms with Gasteiger partial charge in [-0.2, -0.15) is 0 Å². The van der Waals surface area contributed by atoms with E-state index in [1.165, 1.54) is 28.4 Å². The van der Waals surface area contributed by atoms with Crippen molar-refractivity contribution >= 4 is 15.9 Å². The predicted molar refractivity (Wildman–Crippen MR) is 78.7 cm³/mol. The van der Waals surface area contributed by atoms with Gasteiger partial charge >= 0.3 is 0 Å². The molecule has 3 heteroatoms.